The van der Waals surface area contributed by atoms with Crippen molar-refractivity contribution in [2.75, 3.05) is 6.66 Å². The van der Waals surface area contributed by atoms with Crippen molar-refractivity contribution in [2.45, 2.75) is 6.92 Å². The first kappa shape index (κ1) is 23.7. The Morgan fingerprint density at radius 1 is 0.487 bits per heavy atom. The lowest BCUT2D eigenvalue weighted by atomic mass is 10.1. The largest absolute Gasteiger partial charge is 0.309 e. The lowest BCUT2D eigenvalue weighted by Crippen LogP contribution is -2.00. The Balaban J connectivity index is 1.54. The summed E-state index contributed by atoms with van der Waals surface area (Å²) in [4.78, 5) is 0. The van der Waals surface area contributed by atoms with Gasteiger partial charge in [0.05, 0.1) is 22.4 Å². The molecule has 0 fully saturated rings. The van der Waals surface area contributed by atoms with Gasteiger partial charge in [-0.1, -0.05) is 99.1 Å². The molecule has 0 bridgehead atoms. The minimum Gasteiger partial charge on any atom is -0.309 e. The number of hydrogen-bond donors (Lipinski definition) is 0. The van der Waals surface area contributed by atoms with E-state index in [1.807, 2.05) is 0 Å². The molecule has 0 N–H and O–H groups in total. The molecule has 0 aliphatic heterocycles. The van der Waals surface area contributed by atoms with E-state index in [2.05, 4.69) is 156 Å². The fourth-order valence-corrected chi connectivity index (χ4v) is 6.08. The third kappa shape index (κ3) is 4.18. The van der Waals surface area contributed by atoms with Crippen LogP contribution in [0.3, 0.4) is 0 Å². The van der Waals surface area contributed by atoms with E-state index in [1.165, 1.54) is 66.6 Å². The van der Waals surface area contributed by atoms with Gasteiger partial charge in [-0.05, 0) is 78.6 Å². The smallest absolute Gasteiger partial charge is 0.0542 e. The molecule has 0 radical (unpaired) electrons. The third-order valence-corrected chi connectivity index (χ3v) is 8.48. The van der Waals surface area contributed by atoms with E-state index in [1.54, 1.807) is 0 Å². The van der Waals surface area contributed by atoms with Crippen molar-refractivity contribution in [2.24, 2.45) is 0 Å². The Morgan fingerprint density at radius 2 is 0.923 bits per heavy atom. The zero-order chi connectivity index (χ0) is 26.3. The molecule has 1 unspecified atom stereocenters. The maximum atomic E-state index is 2.41. The molecule has 188 valence electrons. The molecular weight excluding hydrogens is 491 g/mol. The first-order valence-electron chi connectivity index (χ1n) is 13.4. The van der Waals surface area contributed by atoms with Gasteiger partial charge in [-0.3, -0.25) is 0 Å². The number of fused-ring (bicyclic) bond motifs is 2. The molecule has 5 aromatic carbocycles. The second-order valence-electron chi connectivity index (χ2n) is 10.1. The Bertz CT molecular complexity index is 1910. The highest BCUT2D eigenvalue weighted by Gasteiger charge is 2.18. The van der Waals surface area contributed by atoms with Crippen LogP contribution in [0.15, 0.2) is 133 Å². The summed E-state index contributed by atoms with van der Waals surface area (Å²) in [5.74, 6) is 0. The molecular formula is C36H29N2P. The quantitative estimate of drug-likeness (QED) is 0.200. The van der Waals surface area contributed by atoms with Crippen molar-refractivity contribution in [3.8, 4) is 33.9 Å². The van der Waals surface area contributed by atoms with Crippen LogP contribution >= 0.6 is 8.58 Å². The number of benzene rings is 5. The molecule has 2 nitrogen and oxygen atoms in total. The van der Waals surface area contributed by atoms with Crippen LogP contribution in [-0.2, 0) is 0 Å². The van der Waals surface area contributed by atoms with E-state index in [4.69, 9.17) is 0 Å². The molecule has 2 heterocycles. The van der Waals surface area contributed by atoms with Crippen molar-refractivity contribution in [1.29, 1.82) is 0 Å². The second-order valence-corrected chi connectivity index (χ2v) is 11.1. The van der Waals surface area contributed by atoms with Crippen LogP contribution in [0.1, 0.15) is 5.56 Å². The highest BCUT2D eigenvalue weighted by molar-refractivity contribution is 7.46. The molecule has 3 heteroatoms. The summed E-state index contributed by atoms with van der Waals surface area (Å²) in [5.41, 5.74) is 10.9. The minimum absolute atomic E-state index is 0.791. The Labute approximate surface area is 231 Å². The van der Waals surface area contributed by atoms with Crippen LogP contribution in [0, 0.1) is 6.92 Å². The van der Waals surface area contributed by atoms with Crippen molar-refractivity contribution in [1.82, 2.24) is 9.13 Å². The van der Waals surface area contributed by atoms with Crippen LogP contribution in [0.2, 0.25) is 0 Å². The van der Waals surface area contributed by atoms with Gasteiger partial charge in [-0.15, -0.1) is 0 Å². The van der Waals surface area contributed by atoms with Crippen molar-refractivity contribution < 1.29 is 0 Å². The van der Waals surface area contributed by atoms with Gasteiger partial charge in [-0.25, -0.2) is 0 Å². The van der Waals surface area contributed by atoms with Crippen molar-refractivity contribution >= 4 is 35.7 Å². The lowest BCUT2D eigenvalue weighted by Gasteiger charge is -2.13. The first-order chi connectivity index (χ1) is 19.2. The highest BCUT2D eigenvalue weighted by atomic mass is 31.1. The van der Waals surface area contributed by atoms with Gasteiger partial charge < -0.3 is 9.13 Å². The Kier molecular flexibility index (Phi) is 5.91. The van der Waals surface area contributed by atoms with Crippen LogP contribution in [-0.4, -0.2) is 15.8 Å². The van der Waals surface area contributed by atoms with Crippen LogP contribution in [0.25, 0.3) is 55.7 Å². The molecule has 39 heavy (non-hydrogen) atoms. The summed E-state index contributed by atoms with van der Waals surface area (Å²) in [7, 11) is 0.791. The standard InChI is InChI=1S/C36H29N2P/c1-25-13-15-30(16-14-25)37-33(26-9-5-3-6-10-26)21-28-24-36-29(23-35(28)37)22-34(27-11-7-4-8-12-27)38(36)31-17-19-32(39-2)20-18-31/h3-24,39H,1-2H3. The minimum atomic E-state index is 0.791. The number of hydrogen-bond acceptors (Lipinski definition) is 0. The summed E-state index contributed by atoms with van der Waals surface area (Å²) in [5, 5.41) is 3.84. The number of aryl methyl sites for hydroxylation is 1. The van der Waals surface area contributed by atoms with Gasteiger partial charge in [0, 0.05) is 22.1 Å². The first-order valence-corrected chi connectivity index (χ1v) is 14.9. The fraction of sp³-hybridized carbons (Fsp3) is 0.0556. The zero-order valence-electron chi connectivity index (χ0n) is 22.1. The van der Waals surface area contributed by atoms with E-state index in [0.29, 0.717) is 0 Å². The lowest BCUT2D eigenvalue weighted by molar-refractivity contribution is 1.13. The number of aromatic nitrogens is 2. The predicted molar refractivity (Wildman–Crippen MR) is 170 cm³/mol. The summed E-state index contributed by atoms with van der Waals surface area (Å²) in [6.45, 7) is 4.37. The van der Waals surface area contributed by atoms with Crippen LogP contribution < -0.4 is 5.30 Å². The maximum Gasteiger partial charge on any atom is 0.0542 e. The van der Waals surface area contributed by atoms with Gasteiger partial charge in [0.2, 0.25) is 0 Å². The molecule has 1 atom stereocenters. The molecule has 0 spiro atoms. The molecule has 0 saturated carbocycles. The van der Waals surface area contributed by atoms with E-state index >= 15 is 0 Å². The zero-order valence-corrected chi connectivity index (χ0v) is 23.1. The van der Waals surface area contributed by atoms with E-state index < -0.39 is 0 Å². The molecule has 7 aromatic rings. The number of nitrogens with zero attached hydrogens (tertiary/aromatic N) is 2. The van der Waals surface area contributed by atoms with Gasteiger partial charge in [0.1, 0.15) is 0 Å². The average Bonchev–Trinajstić information content (AvgIpc) is 3.55. The summed E-state index contributed by atoms with van der Waals surface area (Å²) >= 11 is 0. The Hall–Kier alpha value is -4.39. The molecule has 7 rings (SSSR count). The molecule has 0 aliphatic carbocycles. The van der Waals surface area contributed by atoms with Crippen molar-refractivity contribution in [3.63, 3.8) is 0 Å². The van der Waals surface area contributed by atoms with Crippen LogP contribution in [0.4, 0.5) is 0 Å². The second kappa shape index (κ2) is 9.73. The molecule has 0 aliphatic rings. The topological polar surface area (TPSA) is 9.86 Å². The van der Waals surface area contributed by atoms with Crippen molar-refractivity contribution in [3.05, 3.63) is 139 Å². The van der Waals surface area contributed by atoms with Gasteiger partial charge in [0.15, 0.2) is 0 Å². The maximum absolute atomic E-state index is 2.41. The van der Waals surface area contributed by atoms with Gasteiger partial charge in [-0.2, -0.15) is 0 Å². The number of rotatable bonds is 5. The SMILES string of the molecule is CPc1ccc(-n2c(-c3ccccc3)cc3cc4c(cc(-c5ccccc5)n4-c4ccc(C)cc4)cc32)cc1. The summed E-state index contributed by atoms with van der Waals surface area (Å²) in [6, 6.07) is 48.7. The van der Waals surface area contributed by atoms with E-state index in [0.717, 1.165) is 8.58 Å². The average molecular weight is 521 g/mol. The molecule has 0 amide bonds. The van der Waals surface area contributed by atoms with E-state index in [-0.39, 0.29) is 0 Å². The molecule has 0 saturated heterocycles. The summed E-state index contributed by atoms with van der Waals surface area (Å²) in [6.07, 6.45) is 0. The normalized spacial score (nSPS) is 11.7. The fourth-order valence-electron chi connectivity index (χ4n) is 5.58. The van der Waals surface area contributed by atoms with Gasteiger partial charge in [0.25, 0.3) is 0 Å². The van der Waals surface area contributed by atoms with E-state index in [9.17, 15) is 0 Å². The summed E-state index contributed by atoms with van der Waals surface area (Å²) < 4.78 is 4.82. The molecule has 2 aromatic heterocycles. The van der Waals surface area contributed by atoms with Gasteiger partial charge >= 0.3 is 0 Å². The Morgan fingerprint density at radius 3 is 1.36 bits per heavy atom. The third-order valence-electron chi connectivity index (χ3n) is 7.57. The highest BCUT2D eigenvalue weighted by Crippen LogP contribution is 2.38. The predicted octanol–water partition coefficient (Wildman–Crippen LogP) is 9.15. The monoisotopic (exact) mass is 520 g/mol. The van der Waals surface area contributed by atoms with Crippen LogP contribution in [0.5, 0.6) is 0 Å².